The number of aliphatic hydroxyl groups excluding tert-OH is 1. The quantitative estimate of drug-likeness (QED) is 0.0544. The summed E-state index contributed by atoms with van der Waals surface area (Å²) in [4.78, 5) is 51.8. The fourth-order valence-electron chi connectivity index (χ4n) is 4.16. The van der Waals surface area contributed by atoms with Crippen molar-refractivity contribution in [2.45, 2.75) is 97.3 Å². The number of carbonyl (C=O) groups is 4. The third-order valence-corrected chi connectivity index (χ3v) is 12.2. The van der Waals surface area contributed by atoms with Gasteiger partial charge in [0.15, 0.2) is 14.2 Å². The number of hydrogen-bond acceptors (Lipinski definition) is 10. The molecule has 10 nitrogen and oxygen atoms in total. The maximum Gasteiger partial charge on any atom is 0.356 e. The second kappa shape index (κ2) is 15.0. The van der Waals surface area contributed by atoms with E-state index in [0.717, 1.165) is 4.90 Å². The number of ether oxygens (including phenoxy) is 3. The van der Waals surface area contributed by atoms with Gasteiger partial charge in [0.05, 0.1) is 25.2 Å². The molecule has 1 fully saturated rings. The molecule has 0 radical (unpaired) electrons. The average molecular weight is 588 g/mol. The molecule has 39 heavy (non-hydrogen) atoms. The molecule has 1 saturated heterocycles. The van der Waals surface area contributed by atoms with E-state index in [4.69, 9.17) is 30.9 Å². The van der Waals surface area contributed by atoms with Crippen LogP contribution in [0.3, 0.4) is 0 Å². The number of hydrogen-bond donors (Lipinski definition) is 1. The van der Waals surface area contributed by atoms with Crippen molar-refractivity contribution >= 4 is 49.2 Å². The van der Waals surface area contributed by atoms with Crippen molar-refractivity contribution in [1.82, 2.24) is 4.90 Å². The van der Waals surface area contributed by atoms with Crippen LogP contribution in [0.2, 0.25) is 18.1 Å². The van der Waals surface area contributed by atoms with Gasteiger partial charge in [-0.1, -0.05) is 45.6 Å². The fraction of sp³-hybridized carbons (Fsp3) is 0.741. The van der Waals surface area contributed by atoms with Gasteiger partial charge in [-0.2, -0.15) is 0 Å². The largest absolute Gasteiger partial charge is 0.465 e. The SMILES string of the molecule is C=CCOC(=O)[C@@H](O)N1C(=O)[C@H]([C@@H](C)O[Si](C)(C)C(C)(C)C)[C@@H]1CCC(=S)CC(C(=O)OCC)C(=O)OCC. The number of aliphatic hydroxyl groups is 1. The zero-order valence-electron chi connectivity index (χ0n) is 24.5. The van der Waals surface area contributed by atoms with Gasteiger partial charge in [-0.15, -0.1) is 0 Å². The van der Waals surface area contributed by atoms with E-state index in [0.29, 0.717) is 4.86 Å². The van der Waals surface area contributed by atoms with Gasteiger partial charge in [-0.25, -0.2) is 4.79 Å². The predicted octanol–water partition coefficient (Wildman–Crippen LogP) is 3.55. The van der Waals surface area contributed by atoms with Crippen LogP contribution in [0, 0.1) is 11.8 Å². The highest BCUT2D eigenvalue weighted by Gasteiger charge is 2.55. The smallest absolute Gasteiger partial charge is 0.356 e. The highest BCUT2D eigenvalue weighted by Crippen LogP contribution is 2.42. The van der Waals surface area contributed by atoms with Crippen LogP contribution in [0.5, 0.6) is 0 Å². The summed E-state index contributed by atoms with van der Waals surface area (Å²) in [5, 5.41) is 10.6. The van der Waals surface area contributed by atoms with E-state index in [2.05, 4.69) is 40.4 Å². The van der Waals surface area contributed by atoms with Crippen molar-refractivity contribution in [3.05, 3.63) is 12.7 Å². The summed E-state index contributed by atoms with van der Waals surface area (Å²) < 4.78 is 21.5. The minimum absolute atomic E-state index is 0.0573. The van der Waals surface area contributed by atoms with E-state index in [1.807, 2.05) is 6.92 Å². The fourth-order valence-corrected chi connectivity index (χ4v) is 5.87. The zero-order valence-corrected chi connectivity index (χ0v) is 26.3. The molecule has 0 unspecified atom stereocenters. The first-order chi connectivity index (χ1) is 18.0. The van der Waals surface area contributed by atoms with Gasteiger partial charge < -0.3 is 28.6 Å². The number of carbonyl (C=O) groups excluding carboxylic acids is 4. The van der Waals surface area contributed by atoms with Gasteiger partial charge >= 0.3 is 17.9 Å². The average Bonchev–Trinajstić information content (AvgIpc) is 2.82. The minimum Gasteiger partial charge on any atom is -0.465 e. The van der Waals surface area contributed by atoms with Crippen LogP contribution in [0.15, 0.2) is 12.7 Å². The van der Waals surface area contributed by atoms with Crippen molar-refractivity contribution in [2.24, 2.45) is 11.8 Å². The molecule has 0 aliphatic carbocycles. The Kier molecular flexibility index (Phi) is 13.4. The summed E-state index contributed by atoms with van der Waals surface area (Å²) in [7, 11) is -2.23. The number of amides is 1. The van der Waals surface area contributed by atoms with Gasteiger partial charge in [0, 0.05) is 12.5 Å². The Labute approximate surface area is 238 Å². The molecule has 1 aliphatic heterocycles. The van der Waals surface area contributed by atoms with E-state index < -0.39 is 62.3 Å². The highest BCUT2D eigenvalue weighted by atomic mass is 32.1. The molecule has 1 rings (SSSR count). The molecule has 1 amide bonds. The van der Waals surface area contributed by atoms with Crippen molar-refractivity contribution in [1.29, 1.82) is 0 Å². The first kappa shape index (κ1) is 34.9. The van der Waals surface area contributed by atoms with Crippen LogP contribution < -0.4 is 0 Å². The maximum absolute atomic E-state index is 13.2. The molecular weight excluding hydrogens is 542 g/mol. The summed E-state index contributed by atoms with van der Waals surface area (Å²) in [6.07, 6.45) is -0.435. The standard InChI is InChI=1S/C27H45NO9SSi/c1-10-15-36-26(33)23(30)28-20(21(22(28)29)17(4)37-39(8,9)27(5,6)7)14-13-18(38)16-19(24(31)34-11-2)25(32)35-12-3/h10,17,19-21,23,30H,1,11-16H2,2-9H3/t17-,20+,21-,23-/m1/s1. The lowest BCUT2D eigenvalue weighted by Gasteiger charge is -2.52. The lowest BCUT2D eigenvalue weighted by molar-refractivity contribution is -0.196. The number of β-lactam (4-membered cyclic amide) rings is 1. The maximum atomic E-state index is 13.2. The normalized spacial score (nSPS) is 19.1. The molecule has 0 aromatic heterocycles. The van der Waals surface area contributed by atoms with Gasteiger partial charge in [0.1, 0.15) is 6.61 Å². The Morgan fingerprint density at radius 2 is 1.64 bits per heavy atom. The number of esters is 3. The third kappa shape index (κ3) is 9.19. The minimum atomic E-state index is -2.23. The summed E-state index contributed by atoms with van der Waals surface area (Å²) in [5.74, 6) is -4.61. The molecule has 0 aromatic carbocycles. The van der Waals surface area contributed by atoms with E-state index in [-0.39, 0.29) is 44.1 Å². The van der Waals surface area contributed by atoms with Crippen LogP contribution in [0.4, 0.5) is 0 Å². The van der Waals surface area contributed by atoms with Gasteiger partial charge in [0.25, 0.3) is 0 Å². The Bertz CT molecular complexity index is 899. The number of nitrogens with zero attached hydrogens (tertiary/aromatic N) is 1. The topological polar surface area (TPSA) is 129 Å². The summed E-state index contributed by atoms with van der Waals surface area (Å²) in [6, 6.07) is -0.579. The predicted molar refractivity (Wildman–Crippen MR) is 152 cm³/mol. The van der Waals surface area contributed by atoms with Gasteiger partial charge in [0.2, 0.25) is 12.1 Å². The van der Waals surface area contributed by atoms with Crippen molar-refractivity contribution in [2.75, 3.05) is 19.8 Å². The molecule has 12 heteroatoms. The molecular formula is C27H45NO9SSi. The number of likely N-dealkylation sites (tertiary alicyclic amines) is 1. The molecule has 0 spiro atoms. The van der Waals surface area contributed by atoms with Crippen LogP contribution in [0.25, 0.3) is 0 Å². The van der Waals surface area contributed by atoms with Crippen molar-refractivity contribution in [3.63, 3.8) is 0 Å². The summed E-state index contributed by atoms with van der Waals surface area (Å²) in [5.41, 5.74) is 0. The monoisotopic (exact) mass is 587 g/mol. The Balaban J connectivity index is 3.12. The first-order valence-corrected chi connectivity index (χ1v) is 16.7. The van der Waals surface area contributed by atoms with Crippen LogP contribution in [0.1, 0.15) is 60.8 Å². The van der Waals surface area contributed by atoms with Crippen LogP contribution in [-0.4, -0.2) is 85.2 Å². The summed E-state index contributed by atoms with van der Waals surface area (Å²) >= 11 is 5.50. The van der Waals surface area contributed by atoms with Crippen LogP contribution in [-0.2, 0) is 37.8 Å². The lowest BCUT2D eigenvalue weighted by Crippen LogP contribution is -2.69. The summed E-state index contributed by atoms with van der Waals surface area (Å²) in [6.45, 7) is 19.1. The second-order valence-corrected chi connectivity index (χ2v) is 16.4. The van der Waals surface area contributed by atoms with E-state index in [1.54, 1.807) is 13.8 Å². The lowest BCUT2D eigenvalue weighted by atomic mass is 9.80. The molecule has 222 valence electrons. The van der Waals surface area contributed by atoms with E-state index in [9.17, 15) is 24.3 Å². The second-order valence-electron chi connectivity index (χ2n) is 11.1. The van der Waals surface area contributed by atoms with Crippen LogP contribution >= 0.6 is 12.2 Å². The molecule has 4 atom stereocenters. The molecule has 0 saturated carbocycles. The van der Waals surface area contributed by atoms with E-state index in [1.165, 1.54) is 6.08 Å². The van der Waals surface area contributed by atoms with Gasteiger partial charge in [-0.05, 0) is 56.6 Å². The van der Waals surface area contributed by atoms with Gasteiger partial charge in [-0.3, -0.25) is 14.4 Å². The molecule has 1 N–H and O–H groups in total. The Morgan fingerprint density at radius 1 is 1.10 bits per heavy atom. The van der Waals surface area contributed by atoms with Crippen molar-refractivity contribution < 1.29 is 42.9 Å². The van der Waals surface area contributed by atoms with E-state index >= 15 is 0 Å². The Hall–Kier alpha value is -2.15. The zero-order chi connectivity index (χ0) is 30.1. The molecule has 1 heterocycles. The highest BCUT2D eigenvalue weighted by molar-refractivity contribution is 7.80. The Morgan fingerprint density at radius 3 is 2.10 bits per heavy atom. The first-order valence-electron chi connectivity index (χ1n) is 13.3. The molecule has 0 aromatic rings. The third-order valence-electron chi connectivity index (χ3n) is 7.21. The molecule has 0 bridgehead atoms. The molecule has 1 aliphatic rings. The number of rotatable bonds is 16. The van der Waals surface area contributed by atoms with Crippen molar-refractivity contribution in [3.8, 4) is 0 Å². The number of thiocarbonyl (C=S) groups is 1.